The number of anilines is 2. The monoisotopic (exact) mass is 327 g/mol. The van der Waals surface area contributed by atoms with Crippen molar-refractivity contribution in [1.82, 2.24) is 0 Å². The Labute approximate surface area is 127 Å². The van der Waals surface area contributed by atoms with Gasteiger partial charge in [-0.1, -0.05) is 46.8 Å². The lowest BCUT2D eigenvalue weighted by Crippen LogP contribution is -2.23. The van der Waals surface area contributed by atoms with Gasteiger partial charge < -0.3 is 9.64 Å². The number of aryl methyl sites for hydroxylation is 1. The fourth-order valence-corrected chi connectivity index (χ4v) is 2.55. The van der Waals surface area contributed by atoms with E-state index in [0.717, 1.165) is 27.3 Å². The molecule has 0 fully saturated rings. The van der Waals surface area contributed by atoms with E-state index < -0.39 is 0 Å². The number of hydrogen-bond acceptors (Lipinski definition) is 2. The summed E-state index contributed by atoms with van der Waals surface area (Å²) >= 11 is 3.46. The molecule has 0 aromatic heterocycles. The van der Waals surface area contributed by atoms with Crippen LogP contribution in [0.2, 0.25) is 0 Å². The molecule has 0 amide bonds. The molecule has 0 N–H and O–H groups in total. The molecular weight excluding hydrogens is 314 g/mol. The van der Waals surface area contributed by atoms with Crippen LogP contribution in [0, 0.1) is 6.92 Å². The topological polar surface area (TPSA) is 12.5 Å². The minimum absolute atomic E-state index is 0.566. The van der Waals surface area contributed by atoms with Crippen LogP contribution in [-0.4, -0.2) is 0 Å². The van der Waals surface area contributed by atoms with Gasteiger partial charge in [-0.25, -0.2) is 0 Å². The molecule has 1 aliphatic heterocycles. The third kappa shape index (κ3) is 2.14. The van der Waals surface area contributed by atoms with Gasteiger partial charge in [-0.2, -0.15) is 0 Å². The molecule has 0 radical (unpaired) electrons. The summed E-state index contributed by atoms with van der Waals surface area (Å²) < 4.78 is 6.71. The molecule has 100 valence electrons. The highest BCUT2D eigenvalue weighted by atomic mass is 79.9. The molecule has 1 aliphatic rings. The van der Waals surface area contributed by atoms with E-state index in [-0.39, 0.29) is 0 Å². The Balaban J connectivity index is 2.16. The third-order valence-electron chi connectivity index (χ3n) is 3.28. The maximum atomic E-state index is 5.73. The minimum Gasteiger partial charge on any atom is -0.454 e. The summed E-state index contributed by atoms with van der Waals surface area (Å²) in [5.74, 6) is 1.34. The Morgan fingerprint density at radius 1 is 1.05 bits per heavy atom. The van der Waals surface area contributed by atoms with Crippen LogP contribution in [0.5, 0.6) is 5.75 Å². The molecule has 2 nitrogen and oxygen atoms in total. The predicted molar refractivity (Wildman–Crippen MR) is 86.4 cm³/mol. The molecule has 0 saturated carbocycles. The van der Waals surface area contributed by atoms with Crippen molar-refractivity contribution in [3.63, 3.8) is 0 Å². The zero-order chi connectivity index (χ0) is 14.3. The van der Waals surface area contributed by atoms with E-state index in [9.17, 15) is 0 Å². The molecule has 3 rings (SSSR count). The van der Waals surface area contributed by atoms with E-state index in [0.29, 0.717) is 5.76 Å². The second-order valence-electron chi connectivity index (χ2n) is 4.75. The third-order valence-corrected chi connectivity index (χ3v) is 3.77. The Morgan fingerprint density at radius 2 is 1.75 bits per heavy atom. The van der Waals surface area contributed by atoms with Crippen molar-refractivity contribution in [2.24, 2.45) is 0 Å². The molecule has 0 bridgehead atoms. The van der Waals surface area contributed by atoms with Crippen molar-refractivity contribution in [2.75, 3.05) is 4.90 Å². The van der Waals surface area contributed by atoms with Gasteiger partial charge in [-0.3, -0.25) is 0 Å². The molecule has 2 aromatic rings. The first-order valence-corrected chi connectivity index (χ1v) is 7.08. The highest BCUT2D eigenvalue weighted by molar-refractivity contribution is 9.10. The number of halogens is 1. The zero-order valence-electron chi connectivity index (χ0n) is 11.2. The smallest absolute Gasteiger partial charge is 0.152 e. The quantitative estimate of drug-likeness (QED) is 0.703. The molecule has 0 saturated heterocycles. The summed E-state index contributed by atoms with van der Waals surface area (Å²) in [6.07, 6.45) is 0. The van der Waals surface area contributed by atoms with E-state index >= 15 is 0 Å². The summed E-state index contributed by atoms with van der Waals surface area (Å²) in [5.41, 5.74) is 3.99. The summed E-state index contributed by atoms with van der Waals surface area (Å²) in [5, 5.41) is 0. The van der Waals surface area contributed by atoms with Gasteiger partial charge in [0.15, 0.2) is 5.75 Å². The van der Waals surface area contributed by atoms with E-state index in [4.69, 9.17) is 4.74 Å². The van der Waals surface area contributed by atoms with Gasteiger partial charge >= 0.3 is 0 Å². The molecule has 3 heteroatoms. The van der Waals surface area contributed by atoms with Gasteiger partial charge in [0.1, 0.15) is 5.76 Å². The van der Waals surface area contributed by atoms with Gasteiger partial charge in [0.05, 0.1) is 11.4 Å². The number of rotatable bonds is 1. The van der Waals surface area contributed by atoms with Crippen LogP contribution in [0.15, 0.2) is 71.6 Å². The summed E-state index contributed by atoms with van der Waals surface area (Å²) in [6, 6.07) is 14.3. The molecule has 0 atom stereocenters. The van der Waals surface area contributed by atoms with Crippen LogP contribution < -0.4 is 9.64 Å². The molecule has 1 heterocycles. The van der Waals surface area contributed by atoms with Gasteiger partial charge in [-0.05, 0) is 37.3 Å². The Hall–Kier alpha value is -2.00. The summed E-state index contributed by atoms with van der Waals surface area (Å²) in [4.78, 5) is 2.06. The fraction of sp³-hybridized carbons (Fsp3) is 0.0588. The first kappa shape index (κ1) is 13.0. The highest BCUT2D eigenvalue weighted by Gasteiger charge is 2.25. The Bertz CT molecular complexity index is 703. The fourth-order valence-electron chi connectivity index (χ4n) is 2.20. The molecule has 0 unspecified atom stereocenters. The van der Waals surface area contributed by atoms with Crippen molar-refractivity contribution in [3.8, 4) is 5.75 Å². The van der Waals surface area contributed by atoms with Crippen molar-refractivity contribution in [2.45, 2.75) is 6.92 Å². The summed E-state index contributed by atoms with van der Waals surface area (Å²) in [6.45, 7) is 10.1. The number of benzene rings is 2. The second-order valence-corrected chi connectivity index (χ2v) is 5.67. The van der Waals surface area contributed by atoms with Crippen molar-refractivity contribution >= 4 is 27.3 Å². The molecule has 0 aliphatic carbocycles. The Morgan fingerprint density at radius 3 is 2.45 bits per heavy atom. The van der Waals surface area contributed by atoms with Crippen LogP contribution in [0.3, 0.4) is 0 Å². The maximum absolute atomic E-state index is 5.73. The van der Waals surface area contributed by atoms with Crippen LogP contribution in [0.25, 0.3) is 0 Å². The molecule has 20 heavy (non-hydrogen) atoms. The molecule has 2 aromatic carbocycles. The van der Waals surface area contributed by atoms with Crippen LogP contribution in [0.1, 0.15) is 5.56 Å². The number of nitrogens with zero attached hydrogens (tertiary/aromatic N) is 1. The van der Waals surface area contributed by atoms with E-state index in [1.54, 1.807) is 0 Å². The van der Waals surface area contributed by atoms with Crippen LogP contribution in [0.4, 0.5) is 11.4 Å². The van der Waals surface area contributed by atoms with Gasteiger partial charge in [0.2, 0.25) is 0 Å². The lowest BCUT2D eigenvalue weighted by molar-refractivity contribution is 0.426. The standard InChI is InChI=1S/C17H14BrNO/c1-11-4-7-15(8-5-11)19-12(2)13(3)20-17-10-14(18)6-9-16(17)19/h4-10H,2-3H2,1H3. The van der Waals surface area contributed by atoms with E-state index in [1.165, 1.54) is 5.56 Å². The highest BCUT2D eigenvalue weighted by Crippen LogP contribution is 2.44. The van der Waals surface area contributed by atoms with Gasteiger partial charge in [-0.15, -0.1) is 0 Å². The van der Waals surface area contributed by atoms with E-state index in [1.807, 2.05) is 18.2 Å². The molecule has 0 spiro atoms. The zero-order valence-corrected chi connectivity index (χ0v) is 12.8. The number of hydrogen-bond donors (Lipinski definition) is 0. The van der Waals surface area contributed by atoms with Crippen molar-refractivity contribution in [3.05, 3.63) is 77.1 Å². The van der Waals surface area contributed by atoms with Crippen molar-refractivity contribution in [1.29, 1.82) is 0 Å². The average molecular weight is 328 g/mol. The van der Waals surface area contributed by atoms with Crippen molar-refractivity contribution < 1.29 is 4.74 Å². The predicted octanol–water partition coefficient (Wildman–Crippen LogP) is 5.32. The SMILES string of the molecule is C=C1Oc2cc(Br)ccc2N(c2ccc(C)cc2)C1=C. The first-order chi connectivity index (χ1) is 9.56. The lowest BCUT2D eigenvalue weighted by Gasteiger charge is -2.34. The number of ether oxygens (including phenoxy) is 1. The minimum atomic E-state index is 0.566. The summed E-state index contributed by atoms with van der Waals surface area (Å²) in [7, 11) is 0. The lowest BCUT2D eigenvalue weighted by atomic mass is 10.1. The number of fused-ring (bicyclic) bond motifs is 1. The largest absolute Gasteiger partial charge is 0.454 e. The average Bonchev–Trinajstić information content (AvgIpc) is 2.42. The van der Waals surface area contributed by atoms with Gasteiger partial charge in [0, 0.05) is 10.2 Å². The van der Waals surface area contributed by atoms with E-state index in [2.05, 4.69) is 65.2 Å². The Kier molecular flexibility index (Phi) is 3.14. The van der Waals surface area contributed by atoms with Crippen LogP contribution in [-0.2, 0) is 0 Å². The maximum Gasteiger partial charge on any atom is 0.152 e. The van der Waals surface area contributed by atoms with Gasteiger partial charge in [0.25, 0.3) is 0 Å². The normalized spacial score (nSPS) is 14.0. The first-order valence-electron chi connectivity index (χ1n) is 6.28. The second kappa shape index (κ2) is 4.84. The van der Waals surface area contributed by atoms with Crippen LogP contribution >= 0.6 is 15.9 Å². The molecular formula is C17H14BrNO.